The lowest BCUT2D eigenvalue weighted by Crippen LogP contribution is -2.31. The van der Waals surface area contributed by atoms with Gasteiger partial charge in [-0.1, -0.05) is 0 Å². The van der Waals surface area contributed by atoms with Gasteiger partial charge in [-0.05, 0) is 17.7 Å². The molecule has 20 heavy (non-hydrogen) atoms. The van der Waals surface area contributed by atoms with Crippen LogP contribution in [0.4, 0.5) is 0 Å². The second-order valence-electron chi connectivity index (χ2n) is 3.70. The minimum atomic E-state index is -0.727. The zero-order valence-electron chi connectivity index (χ0n) is 10.2. The SMILES string of the molecule is O=C(Cc1n[nH]c(=O)[nH]c1=O)N/N=C/c1ccncc1. The maximum Gasteiger partial charge on any atom is 0.342 e. The third kappa shape index (κ3) is 3.70. The van der Waals surface area contributed by atoms with Crippen molar-refractivity contribution in [2.24, 2.45) is 5.10 Å². The fraction of sp³-hybridized carbons (Fsp3) is 0.0909. The van der Waals surface area contributed by atoms with E-state index in [0.29, 0.717) is 0 Å². The van der Waals surface area contributed by atoms with Gasteiger partial charge in [0.05, 0.1) is 12.6 Å². The molecule has 0 saturated carbocycles. The van der Waals surface area contributed by atoms with E-state index >= 15 is 0 Å². The number of aromatic nitrogens is 4. The second-order valence-corrected chi connectivity index (χ2v) is 3.70. The molecule has 9 nitrogen and oxygen atoms in total. The summed E-state index contributed by atoms with van der Waals surface area (Å²) in [5, 5.41) is 9.24. The number of pyridine rings is 1. The Morgan fingerprint density at radius 2 is 2.10 bits per heavy atom. The maximum absolute atomic E-state index is 11.5. The van der Waals surface area contributed by atoms with Crippen LogP contribution in [0.15, 0.2) is 39.2 Å². The number of H-pyrrole nitrogens is 2. The summed E-state index contributed by atoms with van der Waals surface area (Å²) >= 11 is 0. The Labute approximate surface area is 111 Å². The average molecular weight is 274 g/mol. The van der Waals surface area contributed by atoms with E-state index < -0.39 is 17.2 Å². The molecule has 2 heterocycles. The minimum Gasteiger partial charge on any atom is -0.273 e. The molecule has 0 saturated heterocycles. The third-order valence-electron chi connectivity index (χ3n) is 2.22. The first kappa shape index (κ1) is 13.3. The highest BCUT2D eigenvalue weighted by Crippen LogP contribution is 1.90. The van der Waals surface area contributed by atoms with Gasteiger partial charge in [0.2, 0.25) is 5.91 Å². The minimum absolute atomic E-state index is 0.0961. The number of amides is 1. The molecule has 2 aromatic heterocycles. The van der Waals surface area contributed by atoms with Crippen LogP contribution in [0.2, 0.25) is 0 Å². The summed E-state index contributed by atoms with van der Waals surface area (Å²) < 4.78 is 0. The molecule has 0 aliphatic rings. The van der Waals surface area contributed by atoms with Crippen molar-refractivity contribution in [2.75, 3.05) is 0 Å². The number of nitrogens with one attached hydrogen (secondary N) is 3. The van der Waals surface area contributed by atoms with Crippen LogP contribution in [0.25, 0.3) is 0 Å². The van der Waals surface area contributed by atoms with Gasteiger partial charge >= 0.3 is 5.69 Å². The molecular weight excluding hydrogens is 264 g/mol. The number of hydrogen-bond donors (Lipinski definition) is 3. The molecular formula is C11H10N6O3. The highest BCUT2D eigenvalue weighted by Gasteiger charge is 2.08. The topological polar surface area (TPSA) is 133 Å². The molecule has 1 amide bonds. The lowest BCUT2D eigenvalue weighted by molar-refractivity contribution is -0.120. The van der Waals surface area contributed by atoms with Crippen LogP contribution in [-0.2, 0) is 11.2 Å². The third-order valence-corrected chi connectivity index (χ3v) is 2.22. The van der Waals surface area contributed by atoms with E-state index in [1.807, 2.05) is 10.1 Å². The second kappa shape index (κ2) is 6.18. The molecule has 3 N–H and O–H groups in total. The van der Waals surface area contributed by atoms with Crippen molar-refractivity contribution in [1.29, 1.82) is 0 Å². The van der Waals surface area contributed by atoms with Crippen LogP contribution in [0.3, 0.4) is 0 Å². The van der Waals surface area contributed by atoms with Gasteiger partial charge in [-0.15, -0.1) is 0 Å². The molecule has 2 aromatic rings. The van der Waals surface area contributed by atoms with E-state index in [4.69, 9.17) is 0 Å². The summed E-state index contributed by atoms with van der Waals surface area (Å²) in [5.74, 6) is -0.527. The quantitative estimate of drug-likeness (QED) is 0.463. The molecule has 0 atom stereocenters. The predicted molar refractivity (Wildman–Crippen MR) is 69.2 cm³/mol. The number of carbonyl (C=O) groups is 1. The van der Waals surface area contributed by atoms with Crippen molar-refractivity contribution in [3.05, 3.63) is 56.6 Å². The lowest BCUT2D eigenvalue weighted by Gasteiger charge is -1.98. The van der Waals surface area contributed by atoms with Gasteiger partial charge in [0, 0.05) is 12.4 Å². The predicted octanol–water partition coefficient (Wildman–Crippen LogP) is -1.45. The van der Waals surface area contributed by atoms with Gasteiger partial charge in [0.25, 0.3) is 5.56 Å². The van der Waals surface area contributed by atoms with Gasteiger partial charge in [0.1, 0.15) is 5.69 Å². The number of aromatic amines is 2. The highest BCUT2D eigenvalue weighted by molar-refractivity contribution is 5.82. The number of rotatable bonds is 4. The van der Waals surface area contributed by atoms with E-state index in [0.717, 1.165) is 5.56 Å². The molecule has 0 aliphatic carbocycles. The van der Waals surface area contributed by atoms with Crippen LogP contribution < -0.4 is 16.7 Å². The molecule has 0 unspecified atom stereocenters. The van der Waals surface area contributed by atoms with E-state index in [2.05, 4.69) is 20.6 Å². The van der Waals surface area contributed by atoms with E-state index in [1.165, 1.54) is 6.21 Å². The van der Waals surface area contributed by atoms with Crippen molar-refractivity contribution in [2.45, 2.75) is 6.42 Å². The fourth-order valence-electron chi connectivity index (χ4n) is 1.31. The van der Waals surface area contributed by atoms with Crippen LogP contribution in [-0.4, -0.2) is 32.3 Å². The van der Waals surface area contributed by atoms with Crippen LogP contribution in [0.1, 0.15) is 11.3 Å². The smallest absolute Gasteiger partial charge is 0.273 e. The van der Waals surface area contributed by atoms with Crippen LogP contribution in [0, 0.1) is 0 Å². The van der Waals surface area contributed by atoms with E-state index in [9.17, 15) is 14.4 Å². The molecule has 2 rings (SSSR count). The number of carbonyl (C=O) groups excluding carboxylic acids is 1. The van der Waals surface area contributed by atoms with Gasteiger partial charge in [0.15, 0.2) is 0 Å². The Kier molecular flexibility index (Phi) is 4.12. The molecule has 0 bridgehead atoms. The van der Waals surface area contributed by atoms with Gasteiger partial charge < -0.3 is 0 Å². The molecule has 0 aromatic carbocycles. The van der Waals surface area contributed by atoms with Gasteiger partial charge in [-0.2, -0.15) is 10.2 Å². The summed E-state index contributed by atoms with van der Waals surface area (Å²) in [6.45, 7) is 0. The lowest BCUT2D eigenvalue weighted by atomic mass is 10.3. The van der Waals surface area contributed by atoms with Crippen LogP contribution >= 0.6 is 0 Å². The Balaban J connectivity index is 1.94. The summed E-state index contributed by atoms with van der Waals surface area (Å²) in [7, 11) is 0. The summed E-state index contributed by atoms with van der Waals surface area (Å²) in [4.78, 5) is 39.4. The number of hydrogen-bond acceptors (Lipinski definition) is 6. The van der Waals surface area contributed by atoms with Crippen molar-refractivity contribution in [3.8, 4) is 0 Å². The zero-order chi connectivity index (χ0) is 14.4. The molecule has 102 valence electrons. The van der Waals surface area contributed by atoms with E-state index in [-0.39, 0.29) is 12.1 Å². The Morgan fingerprint density at radius 3 is 2.80 bits per heavy atom. The average Bonchev–Trinajstić information content (AvgIpc) is 2.43. The highest BCUT2D eigenvalue weighted by atomic mass is 16.2. The standard InChI is InChI=1S/C11H10N6O3/c18-9(5-8-10(19)14-11(20)17-15-8)16-13-6-7-1-3-12-4-2-7/h1-4,6H,5H2,(H,16,18)(H2,14,17,19,20)/b13-6+. The summed E-state index contributed by atoms with van der Waals surface area (Å²) in [5.41, 5.74) is 1.48. The van der Waals surface area contributed by atoms with E-state index in [1.54, 1.807) is 24.5 Å². The monoisotopic (exact) mass is 274 g/mol. The first-order chi connectivity index (χ1) is 9.65. The first-order valence-electron chi connectivity index (χ1n) is 5.55. The summed E-state index contributed by atoms with van der Waals surface area (Å²) in [6.07, 6.45) is 4.32. The molecule has 9 heteroatoms. The normalized spacial score (nSPS) is 10.6. The maximum atomic E-state index is 11.5. The number of hydrazone groups is 1. The largest absolute Gasteiger partial charge is 0.342 e. The van der Waals surface area contributed by atoms with Crippen molar-refractivity contribution in [1.82, 2.24) is 25.6 Å². The molecule has 0 radical (unpaired) electrons. The molecule has 0 spiro atoms. The molecule has 0 fully saturated rings. The molecule has 0 aliphatic heterocycles. The number of nitrogens with zero attached hydrogens (tertiary/aromatic N) is 3. The van der Waals surface area contributed by atoms with Crippen molar-refractivity contribution < 1.29 is 4.79 Å². The Hall–Kier alpha value is -3.10. The Morgan fingerprint density at radius 1 is 1.35 bits per heavy atom. The zero-order valence-corrected chi connectivity index (χ0v) is 10.2. The summed E-state index contributed by atoms with van der Waals surface area (Å²) in [6, 6.07) is 3.42. The van der Waals surface area contributed by atoms with Gasteiger partial charge in [-0.25, -0.2) is 15.3 Å². The first-order valence-corrected chi connectivity index (χ1v) is 5.55. The van der Waals surface area contributed by atoms with Crippen molar-refractivity contribution in [3.63, 3.8) is 0 Å². The fourth-order valence-corrected chi connectivity index (χ4v) is 1.31. The van der Waals surface area contributed by atoms with Crippen LogP contribution in [0.5, 0.6) is 0 Å². The van der Waals surface area contributed by atoms with Crippen molar-refractivity contribution >= 4 is 12.1 Å². The Bertz CT molecular complexity index is 734. The van der Waals surface area contributed by atoms with Gasteiger partial charge in [-0.3, -0.25) is 19.6 Å².